The van der Waals surface area contributed by atoms with E-state index in [1.807, 2.05) is 0 Å². The third-order valence-corrected chi connectivity index (χ3v) is 4.65. The number of hydrogen-bond donors (Lipinski definition) is 1. The molecule has 5 heteroatoms. The summed E-state index contributed by atoms with van der Waals surface area (Å²) < 4.78 is 0. The molecule has 0 saturated carbocycles. The lowest BCUT2D eigenvalue weighted by molar-refractivity contribution is 0.102. The van der Waals surface area contributed by atoms with Crippen LogP contribution in [0.1, 0.15) is 34.3 Å². The summed E-state index contributed by atoms with van der Waals surface area (Å²) in [5, 5.41) is 3.48. The summed E-state index contributed by atoms with van der Waals surface area (Å²) in [6, 6.07) is 13.6. The number of thiazole rings is 1. The summed E-state index contributed by atoms with van der Waals surface area (Å²) in [7, 11) is 0. The molecule has 1 amide bonds. The molecule has 0 aliphatic rings. The number of pyridine rings is 1. The summed E-state index contributed by atoms with van der Waals surface area (Å²) in [5.74, 6) is -0.233. The number of rotatable bonds is 5. The highest BCUT2D eigenvalue weighted by molar-refractivity contribution is 7.16. The van der Waals surface area contributed by atoms with Crippen molar-refractivity contribution < 1.29 is 4.79 Å². The van der Waals surface area contributed by atoms with Gasteiger partial charge in [0.25, 0.3) is 5.91 Å². The monoisotopic (exact) mass is 337 g/mol. The second kappa shape index (κ2) is 7.36. The van der Waals surface area contributed by atoms with Gasteiger partial charge in [0.15, 0.2) is 5.13 Å². The molecule has 0 radical (unpaired) electrons. The van der Waals surface area contributed by atoms with Crippen LogP contribution in [0.3, 0.4) is 0 Å². The molecule has 0 aliphatic carbocycles. The summed E-state index contributed by atoms with van der Waals surface area (Å²) in [6.07, 6.45) is 3.59. The average molecular weight is 337 g/mol. The molecule has 4 nitrogen and oxygen atoms in total. The predicted octanol–water partition coefficient (Wildman–Crippen LogP) is 4.72. The van der Waals surface area contributed by atoms with Crippen LogP contribution in [0.5, 0.6) is 0 Å². The predicted molar refractivity (Wildman–Crippen MR) is 98.5 cm³/mol. The molecule has 0 unspecified atom stereocenters. The topological polar surface area (TPSA) is 54.9 Å². The molecule has 0 bridgehead atoms. The first-order valence-corrected chi connectivity index (χ1v) is 8.78. The van der Waals surface area contributed by atoms with E-state index in [-0.39, 0.29) is 5.91 Å². The van der Waals surface area contributed by atoms with Crippen molar-refractivity contribution in [3.63, 3.8) is 0 Å². The maximum Gasteiger partial charge on any atom is 0.276 e. The Balaban J connectivity index is 1.88. The van der Waals surface area contributed by atoms with Gasteiger partial charge in [0.05, 0.1) is 5.69 Å². The van der Waals surface area contributed by atoms with E-state index in [2.05, 4.69) is 53.4 Å². The molecule has 1 aromatic carbocycles. The minimum Gasteiger partial charge on any atom is -0.296 e. The SMILES string of the molecule is CCCc1sc(NC(=O)c2ccccn2)nc1-c1ccc(C)cc1. The zero-order valence-corrected chi connectivity index (χ0v) is 14.6. The van der Waals surface area contributed by atoms with Crippen LogP contribution in [0.15, 0.2) is 48.7 Å². The van der Waals surface area contributed by atoms with E-state index in [0.717, 1.165) is 24.1 Å². The molecular formula is C19H19N3OS. The molecular weight excluding hydrogens is 318 g/mol. The van der Waals surface area contributed by atoms with Gasteiger partial charge < -0.3 is 0 Å². The summed E-state index contributed by atoms with van der Waals surface area (Å²) in [5.41, 5.74) is 3.65. The van der Waals surface area contributed by atoms with Crippen LogP contribution in [0, 0.1) is 6.92 Å². The number of carbonyl (C=O) groups excluding carboxylic acids is 1. The lowest BCUT2D eigenvalue weighted by atomic mass is 10.1. The molecule has 1 N–H and O–H groups in total. The van der Waals surface area contributed by atoms with Crippen molar-refractivity contribution in [3.05, 3.63) is 64.8 Å². The van der Waals surface area contributed by atoms with E-state index in [1.54, 1.807) is 24.4 Å². The Morgan fingerprint density at radius 3 is 2.62 bits per heavy atom. The van der Waals surface area contributed by atoms with Gasteiger partial charge in [0.1, 0.15) is 5.69 Å². The molecule has 0 atom stereocenters. The first kappa shape index (κ1) is 16.3. The molecule has 0 saturated heterocycles. The zero-order valence-electron chi connectivity index (χ0n) is 13.7. The molecule has 0 aliphatic heterocycles. The molecule has 3 rings (SSSR count). The Morgan fingerprint density at radius 2 is 1.96 bits per heavy atom. The molecule has 2 aromatic heterocycles. The second-order valence-electron chi connectivity index (χ2n) is 5.58. The van der Waals surface area contributed by atoms with Gasteiger partial charge in [-0.2, -0.15) is 0 Å². The third-order valence-electron chi connectivity index (χ3n) is 3.62. The van der Waals surface area contributed by atoms with Crippen molar-refractivity contribution in [1.82, 2.24) is 9.97 Å². The highest BCUT2D eigenvalue weighted by Gasteiger charge is 2.15. The Morgan fingerprint density at radius 1 is 1.17 bits per heavy atom. The van der Waals surface area contributed by atoms with Gasteiger partial charge in [-0.3, -0.25) is 15.1 Å². The van der Waals surface area contributed by atoms with Gasteiger partial charge >= 0.3 is 0 Å². The first-order chi connectivity index (χ1) is 11.7. The van der Waals surface area contributed by atoms with Crippen molar-refractivity contribution in [2.24, 2.45) is 0 Å². The number of nitrogens with zero attached hydrogens (tertiary/aromatic N) is 2. The van der Waals surface area contributed by atoms with Crippen LogP contribution in [0.2, 0.25) is 0 Å². The molecule has 0 spiro atoms. The van der Waals surface area contributed by atoms with Crippen LogP contribution in [-0.2, 0) is 6.42 Å². The lowest BCUT2D eigenvalue weighted by Gasteiger charge is -2.01. The number of hydrogen-bond acceptors (Lipinski definition) is 4. The van der Waals surface area contributed by atoms with E-state index in [9.17, 15) is 4.79 Å². The number of nitrogens with one attached hydrogen (secondary N) is 1. The molecule has 3 aromatic rings. The average Bonchev–Trinajstić information content (AvgIpc) is 2.99. The first-order valence-electron chi connectivity index (χ1n) is 7.96. The van der Waals surface area contributed by atoms with E-state index in [1.165, 1.54) is 21.8 Å². The Kier molecular flexibility index (Phi) is 5.01. The maximum absolute atomic E-state index is 12.3. The fourth-order valence-corrected chi connectivity index (χ4v) is 3.48. The quantitative estimate of drug-likeness (QED) is 0.733. The Hall–Kier alpha value is -2.53. The number of amides is 1. The Labute approximate surface area is 145 Å². The zero-order chi connectivity index (χ0) is 16.9. The number of anilines is 1. The summed E-state index contributed by atoms with van der Waals surface area (Å²) in [4.78, 5) is 22.2. The standard InChI is InChI=1S/C19H19N3OS/c1-3-6-16-17(14-10-8-13(2)9-11-14)21-19(24-16)22-18(23)15-7-4-5-12-20-15/h4-5,7-12H,3,6H2,1-2H3,(H,21,22,23). The van der Waals surface area contributed by atoms with Crippen molar-refractivity contribution in [1.29, 1.82) is 0 Å². The molecule has 2 heterocycles. The van der Waals surface area contributed by atoms with Gasteiger partial charge in [-0.1, -0.05) is 49.2 Å². The summed E-state index contributed by atoms with van der Waals surface area (Å²) >= 11 is 1.54. The van der Waals surface area contributed by atoms with Crippen LogP contribution in [0.4, 0.5) is 5.13 Å². The van der Waals surface area contributed by atoms with Crippen molar-refractivity contribution >= 4 is 22.4 Å². The molecule has 24 heavy (non-hydrogen) atoms. The smallest absolute Gasteiger partial charge is 0.276 e. The number of aromatic nitrogens is 2. The normalized spacial score (nSPS) is 10.6. The van der Waals surface area contributed by atoms with Gasteiger partial charge in [-0.05, 0) is 25.5 Å². The second-order valence-corrected chi connectivity index (χ2v) is 6.66. The largest absolute Gasteiger partial charge is 0.296 e. The van der Waals surface area contributed by atoms with Crippen LogP contribution in [0.25, 0.3) is 11.3 Å². The van der Waals surface area contributed by atoms with E-state index in [4.69, 9.17) is 0 Å². The highest BCUT2D eigenvalue weighted by Crippen LogP contribution is 2.32. The Bertz CT molecular complexity index is 826. The minimum absolute atomic E-state index is 0.233. The number of carbonyl (C=O) groups is 1. The van der Waals surface area contributed by atoms with E-state index in [0.29, 0.717) is 10.8 Å². The van der Waals surface area contributed by atoms with Crippen LogP contribution >= 0.6 is 11.3 Å². The molecule has 0 fully saturated rings. The minimum atomic E-state index is -0.233. The van der Waals surface area contributed by atoms with Crippen molar-refractivity contribution in [2.75, 3.05) is 5.32 Å². The van der Waals surface area contributed by atoms with Gasteiger partial charge in [0, 0.05) is 16.6 Å². The number of aryl methyl sites for hydroxylation is 2. The number of benzene rings is 1. The maximum atomic E-state index is 12.3. The summed E-state index contributed by atoms with van der Waals surface area (Å²) in [6.45, 7) is 4.21. The fraction of sp³-hybridized carbons (Fsp3) is 0.211. The molecule has 122 valence electrons. The van der Waals surface area contributed by atoms with Crippen molar-refractivity contribution in [3.8, 4) is 11.3 Å². The van der Waals surface area contributed by atoms with Gasteiger partial charge in [-0.15, -0.1) is 11.3 Å². The van der Waals surface area contributed by atoms with Gasteiger partial charge in [0.2, 0.25) is 0 Å². The fourth-order valence-electron chi connectivity index (χ4n) is 2.40. The van der Waals surface area contributed by atoms with Crippen LogP contribution < -0.4 is 5.32 Å². The third kappa shape index (κ3) is 3.68. The van der Waals surface area contributed by atoms with E-state index >= 15 is 0 Å². The van der Waals surface area contributed by atoms with Crippen LogP contribution in [-0.4, -0.2) is 15.9 Å². The highest BCUT2D eigenvalue weighted by atomic mass is 32.1. The van der Waals surface area contributed by atoms with Crippen molar-refractivity contribution in [2.45, 2.75) is 26.7 Å². The van der Waals surface area contributed by atoms with E-state index < -0.39 is 0 Å². The lowest BCUT2D eigenvalue weighted by Crippen LogP contribution is -2.13. The van der Waals surface area contributed by atoms with Gasteiger partial charge in [-0.25, -0.2) is 4.98 Å².